The Morgan fingerprint density at radius 1 is 1.14 bits per heavy atom. The molecule has 1 aliphatic heterocycles. The molecule has 0 bridgehead atoms. The maximum atomic E-state index is 13.0. The Balaban J connectivity index is 1.24. The van der Waals surface area contributed by atoms with Gasteiger partial charge >= 0.3 is 0 Å². The Kier molecular flexibility index (Phi) is 6.23. The standard InChI is InChI=1S/C22H26FN3O2S/c23-18-6-4-15(5-7-18)12-20(27)26-10-8-17(9-11-26)22-25-19(14-29-22)13-24-21(28)16-2-1-3-16/h4-7,14,16-17H,1-3,8-13H2,(H,24,28). The van der Waals surface area contributed by atoms with Crippen LogP contribution in [0.4, 0.5) is 4.39 Å². The molecule has 1 aromatic carbocycles. The van der Waals surface area contributed by atoms with Crippen LogP contribution in [0.5, 0.6) is 0 Å². The molecule has 1 N–H and O–H groups in total. The third-order valence-electron chi connectivity index (χ3n) is 5.95. The van der Waals surface area contributed by atoms with Crippen LogP contribution in [0.1, 0.15) is 54.3 Å². The van der Waals surface area contributed by atoms with Gasteiger partial charge in [-0.05, 0) is 43.4 Å². The molecule has 1 aliphatic carbocycles. The molecule has 2 amide bonds. The molecule has 2 heterocycles. The fraction of sp³-hybridized carbons (Fsp3) is 0.500. The first-order valence-electron chi connectivity index (χ1n) is 10.3. The number of nitrogens with one attached hydrogen (secondary N) is 1. The normalized spacial score (nSPS) is 17.8. The number of amides is 2. The van der Waals surface area contributed by atoms with Crippen molar-refractivity contribution in [2.45, 2.75) is 51.0 Å². The van der Waals surface area contributed by atoms with E-state index in [-0.39, 0.29) is 23.5 Å². The lowest BCUT2D eigenvalue weighted by atomic mass is 9.85. The SMILES string of the molecule is O=C(NCc1csc(C2CCN(C(=O)Cc3ccc(F)cc3)CC2)n1)C1CCC1. The molecule has 2 fully saturated rings. The second-order valence-corrected chi connectivity index (χ2v) is 8.87. The van der Waals surface area contributed by atoms with E-state index in [9.17, 15) is 14.0 Å². The zero-order valence-electron chi connectivity index (χ0n) is 16.4. The first kappa shape index (κ1) is 20.0. The van der Waals surface area contributed by atoms with E-state index in [0.717, 1.165) is 61.5 Å². The Hall–Kier alpha value is -2.28. The molecule has 2 aliphatic rings. The van der Waals surface area contributed by atoms with E-state index >= 15 is 0 Å². The maximum absolute atomic E-state index is 13.0. The minimum atomic E-state index is -0.285. The summed E-state index contributed by atoms with van der Waals surface area (Å²) in [4.78, 5) is 31.1. The number of hydrogen-bond donors (Lipinski definition) is 1. The van der Waals surface area contributed by atoms with Crippen LogP contribution in [0.3, 0.4) is 0 Å². The summed E-state index contributed by atoms with van der Waals surface area (Å²) >= 11 is 1.65. The van der Waals surface area contributed by atoms with Gasteiger partial charge in [0.2, 0.25) is 11.8 Å². The number of rotatable bonds is 6. The average Bonchev–Trinajstić information content (AvgIpc) is 3.16. The first-order valence-corrected chi connectivity index (χ1v) is 11.2. The van der Waals surface area contributed by atoms with Crippen molar-refractivity contribution < 1.29 is 14.0 Å². The van der Waals surface area contributed by atoms with Crippen molar-refractivity contribution in [3.05, 3.63) is 51.7 Å². The highest BCUT2D eigenvalue weighted by molar-refractivity contribution is 7.09. The molecule has 1 aromatic heterocycles. The number of likely N-dealkylation sites (tertiary alicyclic amines) is 1. The number of carbonyl (C=O) groups excluding carboxylic acids is 2. The molecule has 0 unspecified atom stereocenters. The van der Waals surface area contributed by atoms with Gasteiger partial charge < -0.3 is 10.2 Å². The number of aromatic nitrogens is 1. The molecule has 7 heteroatoms. The zero-order valence-corrected chi connectivity index (χ0v) is 17.2. The lowest BCUT2D eigenvalue weighted by molar-refractivity contribution is -0.131. The predicted octanol–water partition coefficient (Wildman–Crippen LogP) is 3.65. The summed E-state index contributed by atoms with van der Waals surface area (Å²) in [7, 11) is 0. The fourth-order valence-corrected chi connectivity index (χ4v) is 4.84. The van der Waals surface area contributed by atoms with Gasteiger partial charge in [-0.3, -0.25) is 9.59 Å². The Bertz CT molecular complexity index is 855. The average molecular weight is 416 g/mol. The number of nitrogens with zero attached hydrogens (tertiary/aromatic N) is 2. The summed E-state index contributed by atoms with van der Waals surface area (Å²) in [6, 6.07) is 6.12. The molecule has 2 aromatic rings. The number of hydrogen-bond acceptors (Lipinski definition) is 4. The summed E-state index contributed by atoms with van der Waals surface area (Å²) in [6.45, 7) is 1.94. The smallest absolute Gasteiger partial charge is 0.226 e. The van der Waals surface area contributed by atoms with Crippen LogP contribution in [0, 0.1) is 11.7 Å². The molecule has 0 atom stereocenters. The minimum absolute atomic E-state index is 0.0913. The topological polar surface area (TPSA) is 62.3 Å². The van der Waals surface area contributed by atoms with Crippen LogP contribution in [-0.2, 0) is 22.6 Å². The van der Waals surface area contributed by atoms with Crippen molar-refractivity contribution in [2.75, 3.05) is 13.1 Å². The predicted molar refractivity (Wildman–Crippen MR) is 110 cm³/mol. The van der Waals surface area contributed by atoms with Crippen LogP contribution in [-0.4, -0.2) is 34.8 Å². The molecular weight excluding hydrogens is 389 g/mol. The molecule has 1 saturated heterocycles. The lowest BCUT2D eigenvalue weighted by Gasteiger charge is -2.31. The van der Waals surface area contributed by atoms with Crippen LogP contribution in [0.25, 0.3) is 0 Å². The van der Waals surface area contributed by atoms with Gasteiger partial charge in [0.15, 0.2) is 0 Å². The largest absolute Gasteiger partial charge is 0.350 e. The number of halogens is 1. The third kappa shape index (κ3) is 5.01. The van der Waals surface area contributed by atoms with E-state index in [4.69, 9.17) is 4.98 Å². The van der Waals surface area contributed by atoms with Gasteiger partial charge in [0, 0.05) is 30.3 Å². The summed E-state index contributed by atoms with van der Waals surface area (Å²) in [5, 5.41) is 6.13. The molecule has 0 radical (unpaired) electrons. The summed E-state index contributed by atoms with van der Waals surface area (Å²) < 4.78 is 13.0. The Morgan fingerprint density at radius 3 is 2.52 bits per heavy atom. The first-order chi connectivity index (χ1) is 14.1. The van der Waals surface area contributed by atoms with Crippen molar-refractivity contribution in [1.82, 2.24) is 15.2 Å². The van der Waals surface area contributed by atoms with Gasteiger partial charge in [0.25, 0.3) is 0 Å². The van der Waals surface area contributed by atoms with E-state index in [1.165, 1.54) is 12.1 Å². The molecular formula is C22H26FN3O2S. The lowest BCUT2D eigenvalue weighted by Crippen LogP contribution is -2.38. The van der Waals surface area contributed by atoms with Crippen LogP contribution < -0.4 is 5.32 Å². The Labute approximate surface area is 174 Å². The number of thiazole rings is 1. The zero-order chi connectivity index (χ0) is 20.2. The van der Waals surface area contributed by atoms with E-state index in [0.29, 0.717) is 18.9 Å². The van der Waals surface area contributed by atoms with Crippen molar-refractivity contribution in [2.24, 2.45) is 5.92 Å². The molecule has 4 rings (SSSR count). The van der Waals surface area contributed by atoms with Gasteiger partial charge in [-0.15, -0.1) is 11.3 Å². The van der Waals surface area contributed by atoms with Crippen molar-refractivity contribution in [3.63, 3.8) is 0 Å². The molecule has 154 valence electrons. The quantitative estimate of drug-likeness (QED) is 0.783. The summed E-state index contributed by atoms with van der Waals surface area (Å²) in [5.74, 6) is 0.524. The number of benzene rings is 1. The maximum Gasteiger partial charge on any atom is 0.226 e. The summed E-state index contributed by atoms with van der Waals surface area (Å²) in [6.07, 6.45) is 5.28. The highest BCUT2D eigenvalue weighted by atomic mass is 32.1. The summed E-state index contributed by atoms with van der Waals surface area (Å²) in [5.41, 5.74) is 1.76. The molecule has 29 heavy (non-hydrogen) atoms. The second kappa shape index (κ2) is 9.03. The number of carbonyl (C=O) groups is 2. The van der Waals surface area contributed by atoms with Crippen LogP contribution in [0.15, 0.2) is 29.6 Å². The van der Waals surface area contributed by atoms with E-state index < -0.39 is 0 Å². The fourth-order valence-electron chi connectivity index (χ4n) is 3.85. The monoisotopic (exact) mass is 415 g/mol. The van der Waals surface area contributed by atoms with Gasteiger partial charge in [0.1, 0.15) is 5.82 Å². The Morgan fingerprint density at radius 2 is 1.86 bits per heavy atom. The highest BCUT2D eigenvalue weighted by Crippen LogP contribution is 2.31. The highest BCUT2D eigenvalue weighted by Gasteiger charge is 2.27. The minimum Gasteiger partial charge on any atom is -0.350 e. The van der Waals surface area contributed by atoms with Crippen LogP contribution >= 0.6 is 11.3 Å². The van der Waals surface area contributed by atoms with Gasteiger partial charge in [-0.1, -0.05) is 18.6 Å². The van der Waals surface area contributed by atoms with Crippen molar-refractivity contribution in [1.29, 1.82) is 0 Å². The van der Waals surface area contributed by atoms with Gasteiger partial charge in [-0.25, -0.2) is 9.37 Å². The second-order valence-electron chi connectivity index (χ2n) is 7.98. The number of piperidine rings is 1. The van der Waals surface area contributed by atoms with Gasteiger partial charge in [-0.2, -0.15) is 0 Å². The molecule has 5 nitrogen and oxygen atoms in total. The van der Waals surface area contributed by atoms with Crippen molar-refractivity contribution in [3.8, 4) is 0 Å². The molecule has 0 spiro atoms. The van der Waals surface area contributed by atoms with Crippen LogP contribution in [0.2, 0.25) is 0 Å². The van der Waals surface area contributed by atoms with E-state index in [1.54, 1.807) is 23.5 Å². The van der Waals surface area contributed by atoms with Crippen molar-refractivity contribution >= 4 is 23.2 Å². The third-order valence-corrected chi connectivity index (χ3v) is 7.01. The molecule has 1 saturated carbocycles. The van der Waals surface area contributed by atoms with Gasteiger partial charge in [0.05, 0.1) is 23.7 Å². The van der Waals surface area contributed by atoms with E-state index in [1.807, 2.05) is 10.3 Å². The van der Waals surface area contributed by atoms with E-state index in [2.05, 4.69) is 5.32 Å².